The fourth-order valence-corrected chi connectivity index (χ4v) is 4.15. The number of aromatic amines is 1. The summed E-state index contributed by atoms with van der Waals surface area (Å²) in [6.45, 7) is 5.58. The maximum absolute atomic E-state index is 5.62. The number of para-hydroxylation sites is 1. The number of aliphatic imine (C=N–C) groups is 1. The average molecular weight is 498 g/mol. The lowest BCUT2D eigenvalue weighted by molar-refractivity contribution is 0.105. The summed E-state index contributed by atoms with van der Waals surface area (Å²) in [7, 11) is 1.85. The second kappa shape index (κ2) is 11.7. The van der Waals surface area contributed by atoms with Gasteiger partial charge in [0.2, 0.25) is 0 Å². The van der Waals surface area contributed by atoms with E-state index in [1.54, 1.807) is 0 Å². The van der Waals surface area contributed by atoms with Gasteiger partial charge in [-0.2, -0.15) is 0 Å². The van der Waals surface area contributed by atoms with E-state index in [0.29, 0.717) is 5.41 Å². The van der Waals surface area contributed by atoms with Crippen molar-refractivity contribution in [1.82, 2.24) is 15.6 Å². The van der Waals surface area contributed by atoms with Crippen molar-refractivity contribution in [3.63, 3.8) is 0 Å². The van der Waals surface area contributed by atoms with Gasteiger partial charge in [0.1, 0.15) is 0 Å². The van der Waals surface area contributed by atoms with Gasteiger partial charge >= 0.3 is 0 Å². The number of hydrogen-bond acceptors (Lipinski definition) is 2. The van der Waals surface area contributed by atoms with Gasteiger partial charge in [0.05, 0.1) is 0 Å². The zero-order valence-electron chi connectivity index (χ0n) is 17.2. The summed E-state index contributed by atoms with van der Waals surface area (Å²) in [5.74, 6) is 0.897. The molecule has 1 saturated carbocycles. The lowest BCUT2D eigenvalue weighted by Crippen LogP contribution is -2.44. The van der Waals surface area contributed by atoms with E-state index in [-0.39, 0.29) is 24.0 Å². The molecule has 1 heterocycles. The molecule has 3 N–H and O–H groups in total. The molecule has 28 heavy (non-hydrogen) atoms. The largest absolute Gasteiger partial charge is 0.382 e. The number of benzene rings is 1. The number of ether oxygens (including phenoxy) is 1. The molecule has 0 aliphatic heterocycles. The summed E-state index contributed by atoms with van der Waals surface area (Å²) in [4.78, 5) is 7.89. The summed E-state index contributed by atoms with van der Waals surface area (Å²) >= 11 is 0. The number of rotatable bonds is 9. The van der Waals surface area contributed by atoms with Crippen LogP contribution in [0.25, 0.3) is 10.9 Å². The van der Waals surface area contributed by atoms with Gasteiger partial charge in [-0.25, -0.2) is 0 Å². The van der Waals surface area contributed by atoms with Crippen LogP contribution in [0.3, 0.4) is 0 Å². The maximum atomic E-state index is 5.62. The van der Waals surface area contributed by atoms with E-state index >= 15 is 0 Å². The minimum absolute atomic E-state index is 0. The molecule has 1 aromatic heterocycles. The van der Waals surface area contributed by atoms with Gasteiger partial charge in [0.15, 0.2) is 5.96 Å². The monoisotopic (exact) mass is 498 g/mol. The van der Waals surface area contributed by atoms with Crippen molar-refractivity contribution < 1.29 is 4.74 Å². The van der Waals surface area contributed by atoms with Crippen LogP contribution in [0, 0.1) is 5.41 Å². The zero-order valence-corrected chi connectivity index (χ0v) is 19.6. The Balaban J connectivity index is 0.00000280. The molecule has 1 aliphatic carbocycles. The second-order valence-electron chi connectivity index (χ2n) is 7.64. The van der Waals surface area contributed by atoms with Crippen LogP contribution in [-0.2, 0) is 11.2 Å². The minimum atomic E-state index is 0. The molecule has 1 fully saturated rings. The van der Waals surface area contributed by atoms with Crippen LogP contribution in [0.4, 0.5) is 0 Å². The first-order valence-corrected chi connectivity index (χ1v) is 10.3. The quantitative estimate of drug-likeness (QED) is 0.207. The first-order chi connectivity index (χ1) is 13.2. The number of H-pyrrole nitrogens is 1. The summed E-state index contributed by atoms with van der Waals surface area (Å²) < 4.78 is 5.62. The van der Waals surface area contributed by atoms with E-state index in [9.17, 15) is 0 Å². The molecule has 156 valence electrons. The molecular formula is C22H35IN4O. The number of nitrogens with one attached hydrogen (secondary N) is 3. The Morgan fingerprint density at radius 2 is 2.00 bits per heavy atom. The van der Waals surface area contributed by atoms with Crippen LogP contribution in [0.2, 0.25) is 0 Å². The normalized spacial score (nSPS) is 16.1. The summed E-state index contributed by atoms with van der Waals surface area (Å²) in [5, 5.41) is 8.29. The highest BCUT2D eigenvalue weighted by atomic mass is 127. The molecule has 2 aromatic rings. The van der Waals surface area contributed by atoms with E-state index in [1.165, 1.54) is 42.3 Å². The van der Waals surface area contributed by atoms with Gasteiger partial charge in [0, 0.05) is 51.0 Å². The molecule has 0 spiro atoms. The number of halogens is 1. The first kappa shape index (κ1) is 23.0. The van der Waals surface area contributed by atoms with Crippen LogP contribution in [-0.4, -0.2) is 44.3 Å². The third-order valence-electron chi connectivity index (χ3n) is 5.77. The number of guanidine groups is 1. The molecule has 0 saturated heterocycles. The van der Waals surface area contributed by atoms with E-state index in [0.717, 1.165) is 45.1 Å². The van der Waals surface area contributed by atoms with Gasteiger partial charge in [-0.15, -0.1) is 24.0 Å². The zero-order chi connectivity index (χ0) is 19.0. The van der Waals surface area contributed by atoms with Crippen molar-refractivity contribution in [2.24, 2.45) is 10.4 Å². The van der Waals surface area contributed by atoms with Crippen molar-refractivity contribution in [1.29, 1.82) is 0 Å². The second-order valence-corrected chi connectivity index (χ2v) is 7.64. The van der Waals surface area contributed by atoms with Gasteiger partial charge < -0.3 is 20.4 Å². The topological polar surface area (TPSA) is 61.4 Å². The first-order valence-electron chi connectivity index (χ1n) is 10.3. The molecule has 1 aromatic carbocycles. The maximum Gasteiger partial charge on any atom is 0.191 e. The number of nitrogens with zero attached hydrogens (tertiary/aromatic N) is 1. The molecule has 0 unspecified atom stereocenters. The highest BCUT2D eigenvalue weighted by Crippen LogP contribution is 2.40. The molecule has 0 amide bonds. The molecule has 0 radical (unpaired) electrons. The van der Waals surface area contributed by atoms with E-state index < -0.39 is 0 Å². The molecule has 0 atom stereocenters. The van der Waals surface area contributed by atoms with E-state index in [2.05, 4.69) is 57.9 Å². The average Bonchev–Trinajstić information content (AvgIpc) is 3.31. The SMILES string of the molecule is CCOCCC1(CNC(=NC)NCCc2cc3ccccc3[nH]2)CCCC1.I. The fraction of sp³-hybridized carbons (Fsp3) is 0.591. The summed E-state index contributed by atoms with van der Waals surface area (Å²) in [6, 6.07) is 10.6. The predicted molar refractivity (Wildman–Crippen MR) is 129 cm³/mol. The van der Waals surface area contributed by atoms with Crippen molar-refractivity contribution >= 4 is 40.8 Å². The van der Waals surface area contributed by atoms with Crippen molar-refractivity contribution in [3.05, 3.63) is 36.0 Å². The fourth-order valence-electron chi connectivity index (χ4n) is 4.15. The Bertz CT molecular complexity index is 704. The predicted octanol–water partition coefficient (Wildman–Crippen LogP) is 4.48. The Morgan fingerprint density at radius 3 is 2.71 bits per heavy atom. The third-order valence-corrected chi connectivity index (χ3v) is 5.77. The van der Waals surface area contributed by atoms with Gasteiger partial charge in [-0.1, -0.05) is 31.0 Å². The van der Waals surface area contributed by atoms with Crippen LogP contribution < -0.4 is 10.6 Å². The van der Waals surface area contributed by atoms with Gasteiger partial charge in [0.25, 0.3) is 0 Å². The van der Waals surface area contributed by atoms with Crippen molar-refractivity contribution in [3.8, 4) is 0 Å². The number of aromatic nitrogens is 1. The molecule has 1 aliphatic rings. The molecule has 5 nitrogen and oxygen atoms in total. The van der Waals surface area contributed by atoms with Crippen LogP contribution in [0.15, 0.2) is 35.3 Å². The highest BCUT2D eigenvalue weighted by molar-refractivity contribution is 14.0. The lowest BCUT2D eigenvalue weighted by atomic mass is 9.83. The summed E-state index contributed by atoms with van der Waals surface area (Å²) in [5.41, 5.74) is 2.82. The Kier molecular flexibility index (Phi) is 9.58. The Morgan fingerprint density at radius 1 is 1.21 bits per heavy atom. The Hall–Kier alpha value is -1.28. The lowest BCUT2D eigenvalue weighted by Gasteiger charge is -2.30. The van der Waals surface area contributed by atoms with E-state index in [1.807, 2.05) is 7.05 Å². The van der Waals surface area contributed by atoms with Gasteiger partial charge in [-0.05, 0) is 49.1 Å². The third kappa shape index (κ3) is 6.37. The Labute approximate surface area is 186 Å². The highest BCUT2D eigenvalue weighted by Gasteiger charge is 2.33. The van der Waals surface area contributed by atoms with Gasteiger partial charge in [-0.3, -0.25) is 4.99 Å². The molecule has 3 rings (SSSR count). The minimum Gasteiger partial charge on any atom is -0.382 e. The smallest absolute Gasteiger partial charge is 0.191 e. The van der Waals surface area contributed by atoms with Crippen molar-refractivity contribution in [2.75, 3.05) is 33.4 Å². The van der Waals surface area contributed by atoms with Crippen LogP contribution in [0.1, 0.15) is 44.7 Å². The van der Waals surface area contributed by atoms with Crippen LogP contribution in [0.5, 0.6) is 0 Å². The standard InChI is InChI=1S/C22H34N4O.HI/c1-3-27-15-13-22(11-6-7-12-22)17-25-21(23-2)24-14-10-19-16-18-8-4-5-9-20(18)26-19;/h4-5,8-9,16,26H,3,6-7,10-15,17H2,1-2H3,(H2,23,24,25);1H. The molecule has 0 bridgehead atoms. The number of fused-ring (bicyclic) bond motifs is 1. The molecular weight excluding hydrogens is 463 g/mol. The molecule has 6 heteroatoms. The van der Waals surface area contributed by atoms with Crippen molar-refractivity contribution in [2.45, 2.75) is 45.4 Å². The number of hydrogen-bond donors (Lipinski definition) is 3. The van der Waals surface area contributed by atoms with E-state index in [4.69, 9.17) is 4.74 Å². The van der Waals surface area contributed by atoms with Crippen LogP contribution >= 0.6 is 24.0 Å². The summed E-state index contributed by atoms with van der Waals surface area (Å²) in [6.07, 6.45) is 7.34.